The van der Waals surface area contributed by atoms with E-state index in [0.29, 0.717) is 13.0 Å². The Morgan fingerprint density at radius 3 is 2.91 bits per heavy atom. The molecule has 0 radical (unpaired) electrons. The topological polar surface area (TPSA) is 57.8 Å². The van der Waals surface area contributed by atoms with E-state index in [4.69, 9.17) is 0 Å². The van der Waals surface area contributed by atoms with Crippen LogP contribution in [0.4, 0.5) is 0 Å². The van der Waals surface area contributed by atoms with Crippen LogP contribution in [-0.4, -0.2) is 16.5 Å². The van der Waals surface area contributed by atoms with E-state index in [1.165, 1.54) is 16.3 Å². The van der Waals surface area contributed by atoms with Crippen molar-refractivity contribution >= 4 is 10.8 Å². The van der Waals surface area contributed by atoms with Gasteiger partial charge in [0.2, 0.25) is 0 Å². The molecule has 4 nitrogen and oxygen atoms in total. The number of nitrogens with one attached hydrogen (secondary N) is 2. The Morgan fingerprint density at radius 2 is 1.95 bits per heavy atom. The van der Waals surface area contributed by atoms with E-state index in [-0.39, 0.29) is 5.56 Å². The summed E-state index contributed by atoms with van der Waals surface area (Å²) in [6, 6.07) is 14.6. The summed E-state index contributed by atoms with van der Waals surface area (Å²) in [5.74, 6) is 0.752. The first-order valence-corrected chi connectivity index (χ1v) is 7.59. The molecule has 2 aromatic carbocycles. The zero-order valence-corrected chi connectivity index (χ0v) is 12.2. The maximum absolute atomic E-state index is 12.2. The summed E-state index contributed by atoms with van der Waals surface area (Å²) in [4.78, 5) is 19.8. The molecule has 0 amide bonds. The van der Waals surface area contributed by atoms with Gasteiger partial charge in [-0.25, -0.2) is 4.98 Å². The number of fused-ring (bicyclic) bond motifs is 2. The van der Waals surface area contributed by atoms with Crippen LogP contribution in [0.5, 0.6) is 0 Å². The summed E-state index contributed by atoms with van der Waals surface area (Å²) in [6.07, 6.45) is 1.47. The lowest BCUT2D eigenvalue weighted by Crippen LogP contribution is -2.32. The Balaban J connectivity index is 1.77. The van der Waals surface area contributed by atoms with Gasteiger partial charge in [0.15, 0.2) is 0 Å². The van der Waals surface area contributed by atoms with Crippen molar-refractivity contribution < 1.29 is 0 Å². The lowest BCUT2D eigenvalue weighted by molar-refractivity contribution is 0.615. The molecule has 22 heavy (non-hydrogen) atoms. The lowest BCUT2D eigenvalue weighted by atomic mass is 10.0. The van der Waals surface area contributed by atoms with Crippen molar-refractivity contribution in [1.29, 1.82) is 0 Å². The average Bonchev–Trinajstić information content (AvgIpc) is 2.55. The van der Waals surface area contributed by atoms with Crippen molar-refractivity contribution in [3.05, 3.63) is 75.5 Å². The van der Waals surface area contributed by atoms with E-state index in [1.54, 1.807) is 0 Å². The third-order valence-electron chi connectivity index (χ3n) is 4.23. The van der Waals surface area contributed by atoms with Crippen LogP contribution in [0.2, 0.25) is 0 Å². The Kier molecular flexibility index (Phi) is 3.24. The smallest absolute Gasteiger partial charge is 0.255 e. The summed E-state index contributed by atoms with van der Waals surface area (Å²) in [6.45, 7) is 1.50. The molecule has 0 saturated carbocycles. The van der Waals surface area contributed by atoms with Gasteiger partial charge in [-0.3, -0.25) is 4.79 Å². The van der Waals surface area contributed by atoms with Crippen LogP contribution in [-0.2, 0) is 19.4 Å². The molecule has 0 fully saturated rings. The standard InChI is InChI=1S/C18H17N3O/c22-18-15-11-19-9-8-16(15)20-17(21-18)10-13-6-3-5-12-4-1-2-7-14(12)13/h1-7,19H,8-11H2,(H,20,21,22). The SMILES string of the molecule is O=c1[nH]c(Cc2cccc3ccccc23)nc2c1CNCC2. The fourth-order valence-corrected chi connectivity index (χ4v) is 3.12. The van der Waals surface area contributed by atoms with Crippen molar-refractivity contribution in [2.24, 2.45) is 0 Å². The van der Waals surface area contributed by atoms with Crippen LogP contribution in [0.25, 0.3) is 10.8 Å². The summed E-state index contributed by atoms with van der Waals surface area (Å²) >= 11 is 0. The molecule has 0 spiro atoms. The molecule has 0 atom stereocenters. The molecule has 4 heteroatoms. The summed E-state index contributed by atoms with van der Waals surface area (Å²) in [5.41, 5.74) is 2.91. The molecule has 0 aliphatic carbocycles. The largest absolute Gasteiger partial charge is 0.312 e. The maximum Gasteiger partial charge on any atom is 0.255 e. The predicted octanol–water partition coefficient (Wildman–Crippen LogP) is 2.16. The fourth-order valence-electron chi connectivity index (χ4n) is 3.12. The normalized spacial score (nSPS) is 14.0. The number of rotatable bonds is 2. The third kappa shape index (κ3) is 2.31. The molecule has 4 rings (SSSR count). The van der Waals surface area contributed by atoms with Gasteiger partial charge in [0, 0.05) is 25.9 Å². The Labute approximate surface area is 128 Å². The van der Waals surface area contributed by atoms with Crippen LogP contribution in [0.1, 0.15) is 22.6 Å². The molecule has 1 aliphatic rings. The minimum atomic E-state index is -0.00700. The molecule has 0 bridgehead atoms. The van der Waals surface area contributed by atoms with Crippen LogP contribution in [0, 0.1) is 0 Å². The average molecular weight is 291 g/mol. The monoisotopic (exact) mass is 291 g/mol. The molecule has 0 saturated heterocycles. The number of hydrogen-bond donors (Lipinski definition) is 2. The van der Waals surface area contributed by atoms with Crippen molar-refractivity contribution in [3.63, 3.8) is 0 Å². The number of hydrogen-bond acceptors (Lipinski definition) is 3. The van der Waals surface area contributed by atoms with E-state index in [2.05, 4.69) is 45.6 Å². The van der Waals surface area contributed by atoms with Crippen LogP contribution >= 0.6 is 0 Å². The highest BCUT2D eigenvalue weighted by Gasteiger charge is 2.15. The minimum absolute atomic E-state index is 0.00700. The first-order valence-electron chi connectivity index (χ1n) is 7.59. The van der Waals surface area contributed by atoms with Gasteiger partial charge in [-0.1, -0.05) is 42.5 Å². The lowest BCUT2D eigenvalue weighted by Gasteiger charge is -2.16. The molecular formula is C18H17N3O. The Hall–Kier alpha value is -2.46. The van der Waals surface area contributed by atoms with Gasteiger partial charge in [0.05, 0.1) is 11.3 Å². The van der Waals surface area contributed by atoms with Crippen molar-refractivity contribution in [2.75, 3.05) is 6.54 Å². The van der Waals surface area contributed by atoms with E-state index in [1.807, 2.05) is 12.1 Å². The van der Waals surface area contributed by atoms with Crippen molar-refractivity contribution in [2.45, 2.75) is 19.4 Å². The maximum atomic E-state index is 12.2. The number of aromatic amines is 1. The highest BCUT2D eigenvalue weighted by Crippen LogP contribution is 2.20. The van der Waals surface area contributed by atoms with Crippen LogP contribution in [0.15, 0.2) is 47.3 Å². The second-order valence-electron chi connectivity index (χ2n) is 5.68. The number of nitrogens with zero attached hydrogens (tertiary/aromatic N) is 1. The van der Waals surface area contributed by atoms with E-state index >= 15 is 0 Å². The van der Waals surface area contributed by atoms with Crippen molar-refractivity contribution in [1.82, 2.24) is 15.3 Å². The number of H-pyrrole nitrogens is 1. The highest BCUT2D eigenvalue weighted by molar-refractivity contribution is 5.85. The number of benzene rings is 2. The summed E-state index contributed by atoms with van der Waals surface area (Å²) in [5, 5.41) is 5.64. The van der Waals surface area contributed by atoms with Crippen LogP contribution < -0.4 is 10.9 Å². The summed E-state index contributed by atoms with van der Waals surface area (Å²) in [7, 11) is 0. The number of aromatic nitrogens is 2. The van der Waals surface area contributed by atoms with Gasteiger partial charge in [0.25, 0.3) is 5.56 Å². The first-order chi connectivity index (χ1) is 10.8. The van der Waals surface area contributed by atoms with Gasteiger partial charge in [-0.05, 0) is 16.3 Å². The second kappa shape index (κ2) is 5.39. The zero-order valence-electron chi connectivity index (χ0n) is 12.2. The van der Waals surface area contributed by atoms with Gasteiger partial charge in [0.1, 0.15) is 5.82 Å². The second-order valence-corrected chi connectivity index (χ2v) is 5.68. The molecular weight excluding hydrogens is 274 g/mol. The molecule has 0 unspecified atom stereocenters. The van der Waals surface area contributed by atoms with Crippen molar-refractivity contribution in [3.8, 4) is 0 Å². The van der Waals surface area contributed by atoms with Gasteiger partial charge in [-0.15, -0.1) is 0 Å². The molecule has 3 aromatic rings. The Bertz CT molecular complexity index is 893. The van der Waals surface area contributed by atoms with Gasteiger partial charge >= 0.3 is 0 Å². The van der Waals surface area contributed by atoms with Crippen LogP contribution in [0.3, 0.4) is 0 Å². The van der Waals surface area contributed by atoms with E-state index < -0.39 is 0 Å². The quantitative estimate of drug-likeness (QED) is 0.760. The molecule has 110 valence electrons. The minimum Gasteiger partial charge on any atom is -0.312 e. The van der Waals surface area contributed by atoms with Gasteiger partial charge in [-0.2, -0.15) is 0 Å². The van der Waals surface area contributed by atoms with Gasteiger partial charge < -0.3 is 10.3 Å². The molecule has 1 aromatic heterocycles. The molecule has 1 aliphatic heterocycles. The highest BCUT2D eigenvalue weighted by atomic mass is 16.1. The molecule has 2 heterocycles. The van der Waals surface area contributed by atoms with E-state index in [9.17, 15) is 4.79 Å². The summed E-state index contributed by atoms with van der Waals surface area (Å²) < 4.78 is 0. The first kappa shape index (κ1) is 13.2. The fraction of sp³-hybridized carbons (Fsp3) is 0.222. The Morgan fingerprint density at radius 1 is 1.09 bits per heavy atom. The van der Waals surface area contributed by atoms with E-state index in [0.717, 1.165) is 30.0 Å². The molecule has 2 N–H and O–H groups in total. The predicted molar refractivity (Wildman–Crippen MR) is 87.0 cm³/mol. The zero-order chi connectivity index (χ0) is 14.9. The third-order valence-corrected chi connectivity index (χ3v) is 4.23.